The predicted octanol–water partition coefficient (Wildman–Crippen LogP) is 0.0370. The van der Waals surface area contributed by atoms with E-state index >= 15 is 0 Å². The van der Waals surface area contributed by atoms with Crippen LogP contribution in [0.5, 0.6) is 0 Å². The van der Waals surface area contributed by atoms with Crippen molar-refractivity contribution in [2.75, 3.05) is 30.3 Å². The van der Waals surface area contributed by atoms with Crippen LogP contribution in [0.25, 0.3) is 0 Å². The number of carbonyl (C=O) groups excluding carboxylic acids is 1. The Hall–Kier alpha value is -1.83. The summed E-state index contributed by atoms with van der Waals surface area (Å²) in [7, 11) is 0. The first-order valence-corrected chi connectivity index (χ1v) is 5.42. The number of urea groups is 1. The lowest BCUT2D eigenvalue weighted by molar-refractivity contribution is 0.249. The molecular formula is C8H14ClN7O. The van der Waals surface area contributed by atoms with E-state index in [-0.39, 0.29) is 5.28 Å². The molecule has 1 heterocycles. The van der Waals surface area contributed by atoms with Gasteiger partial charge in [0.1, 0.15) is 0 Å². The monoisotopic (exact) mass is 259 g/mol. The highest BCUT2D eigenvalue weighted by molar-refractivity contribution is 6.28. The minimum atomic E-state index is -0.575. The Bertz CT molecular complexity index is 386. The molecular weight excluding hydrogens is 246 g/mol. The third-order valence-electron chi connectivity index (χ3n) is 1.65. The van der Waals surface area contributed by atoms with Gasteiger partial charge in [0, 0.05) is 19.6 Å². The normalized spacial score (nSPS) is 9.76. The zero-order valence-corrected chi connectivity index (χ0v) is 10.1. The fourth-order valence-corrected chi connectivity index (χ4v) is 1.19. The molecule has 1 rings (SSSR count). The van der Waals surface area contributed by atoms with Crippen molar-refractivity contribution in [3.63, 3.8) is 0 Å². The zero-order valence-electron chi connectivity index (χ0n) is 9.33. The lowest BCUT2D eigenvalue weighted by atomic mass is 10.6. The van der Waals surface area contributed by atoms with Gasteiger partial charge in [-0.2, -0.15) is 15.0 Å². The number of aromatic nitrogens is 3. The number of nitrogens with one attached hydrogen (secondary N) is 3. The molecule has 94 valence electrons. The zero-order chi connectivity index (χ0) is 12.7. The van der Waals surface area contributed by atoms with Gasteiger partial charge in [0.25, 0.3) is 0 Å². The Morgan fingerprint density at radius 1 is 1.24 bits per heavy atom. The van der Waals surface area contributed by atoms with Crippen LogP contribution in [0, 0.1) is 0 Å². The van der Waals surface area contributed by atoms with Gasteiger partial charge in [0.15, 0.2) is 0 Å². The van der Waals surface area contributed by atoms with E-state index in [4.69, 9.17) is 17.3 Å². The molecule has 0 spiro atoms. The molecule has 0 aliphatic carbocycles. The number of nitrogens with zero attached hydrogens (tertiary/aromatic N) is 3. The first kappa shape index (κ1) is 13.2. The number of hydrogen-bond acceptors (Lipinski definition) is 6. The van der Waals surface area contributed by atoms with Crippen molar-refractivity contribution >= 4 is 29.5 Å². The summed E-state index contributed by atoms with van der Waals surface area (Å²) in [5.41, 5.74) is 4.91. The van der Waals surface area contributed by atoms with Crippen molar-refractivity contribution < 1.29 is 4.79 Å². The van der Waals surface area contributed by atoms with E-state index in [2.05, 4.69) is 30.9 Å². The van der Waals surface area contributed by atoms with E-state index in [1.165, 1.54) is 0 Å². The van der Waals surface area contributed by atoms with Gasteiger partial charge in [0.2, 0.25) is 17.2 Å². The smallest absolute Gasteiger partial charge is 0.312 e. The molecule has 2 amide bonds. The van der Waals surface area contributed by atoms with Crippen LogP contribution in [0.2, 0.25) is 5.28 Å². The van der Waals surface area contributed by atoms with E-state index in [9.17, 15) is 4.79 Å². The van der Waals surface area contributed by atoms with Gasteiger partial charge in [-0.15, -0.1) is 0 Å². The molecule has 0 aromatic carbocycles. The van der Waals surface area contributed by atoms with E-state index in [0.717, 1.165) is 0 Å². The summed E-state index contributed by atoms with van der Waals surface area (Å²) in [6, 6.07) is -0.575. The third-order valence-corrected chi connectivity index (χ3v) is 1.82. The number of nitrogens with two attached hydrogens (primary N) is 1. The molecule has 8 nitrogen and oxygen atoms in total. The Balaban J connectivity index is 2.49. The third kappa shape index (κ3) is 5.16. The molecule has 0 aliphatic heterocycles. The van der Waals surface area contributed by atoms with Crippen LogP contribution in [-0.2, 0) is 0 Å². The van der Waals surface area contributed by atoms with Crippen LogP contribution in [0.3, 0.4) is 0 Å². The lowest BCUT2D eigenvalue weighted by Crippen LogP contribution is -2.33. The fraction of sp³-hybridized carbons (Fsp3) is 0.500. The molecule has 0 bridgehead atoms. The number of anilines is 2. The van der Waals surface area contributed by atoms with Gasteiger partial charge in [-0.05, 0) is 18.5 Å². The Labute approximate surface area is 103 Å². The van der Waals surface area contributed by atoms with Crippen LogP contribution in [0.15, 0.2) is 0 Å². The molecule has 0 radical (unpaired) electrons. The average Bonchev–Trinajstić information content (AvgIpc) is 2.24. The summed E-state index contributed by atoms with van der Waals surface area (Å²) in [6.07, 6.45) is 0. The molecule has 5 N–H and O–H groups in total. The highest BCUT2D eigenvalue weighted by atomic mass is 35.5. The maximum atomic E-state index is 10.4. The number of hydrogen-bond donors (Lipinski definition) is 4. The van der Waals surface area contributed by atoms with Crippen molar-refractivity contribution in [1.82, 2.24) is 20.3 Å². The van der Waals surface area contributed by atoms with Crippen LogP contribution in [0.1, 0.15) is 6.92 Å². The first-order chi connectivity index (χ1) is 8.11. The first-order valence-electron chi connectivity index (χ1n) is 5.04. The SMILES string of the molecule is CCNc1nc(Cl)nc(NCCNC(N)=O)n1. The van der Waals surface area contributed by atoms with E-state index in [1.54, 1.807) is 0 Å². The Kier molecular flexibility index (Phi) is 5.21. The van der Waals surface area contributed by atoms with Crippen molar-refractivity contribution in [3.05, 3.63) is 5.28 Å². The number of amides is 2. The summed E-state index contributed by atoms with van der Waals surface area (Å²) < 4.78 is 0. The number of primary amides is 1. The van der Waals surface area contributed by atoms with Crippen molar-refractivity contribution in [2.45, 2.75) is 6.92 Å². The van der Waals surface area contributed by atoms with Gasteiger partial charge in [-0.1, -0.05) is 0 Å². The van der Waals surface area contributed by atoms with Crippen LogP contribution in [-0.4, -0.2) is 40.6 Å². The second kappa shape index (κ2) is 6.69. The van der Waals surface area contributed by atoms with Crippen molar-refractivity contribution in [2.24, 2.45) is 5.73 Å². The van der Waals surface area contributed by atoms with Crippen molar-refractivity contribution in [3.8, 4) is 0 Å². The highest BCUT2D eigenvalue weighted by Gasteiger charge is 2.03. The van der Waals surface area contributed by atoms with Crippen LogP contribution in [0.4, 0.5) is 16.7 Å². The van der Waals surface area contributed by atoms with Crippen molar-refractivity contribution in [1.29, 1.82) is 0 Å². The minimum Gasteiger partial charge on any atom is -0.354 e. The highest BCUT2D eigenvalue weighted by Crippen LogP contribution is 2.08. The number of halogens is 1. The lowest BCUT2D eigenvalue weighted by Gasteiger charge is -2.07. The van der Waals surface area contributed by atoms with E-state index in [0.29, 0.717) is 31.5 Å². The molecule has 0 fully saturated rings. The Morgan fingerprint density at radius 2 is 1.88 bits per heavy atom. The minimum absolute atomic E-state index is 0.0984. The molecule has 0 saturated heterocycles. The fourth-order valence-electron chi connectivity index (χ4n) is 1.03. The summed E-state index contributed by atoms with van der Waals surface area (Å²) in [4.78, 5) is 22.2. The summed E-state index contributed by atoms with van der Waals surface area (Å²) in [5.74, 6) is 0.741. The summed E-state index contributed by atoms with van der Waals surface area (Å²) >= 11 is 5.72. The van der Waals surface area contributed by atoms with Gasteiger partial charge >= 0.3 is 6.03 Å². The van der Waals surface area contributed by atoms with E-state index in [1.807, 2.05) is 6.92 Å². The average molecular weight is 260 g/mol. The van der Waals surface area contributed by atoms with Crippen LogP contribution >= 0.6 is 11.6 Å². The largest absolute Gasteiger partial charge is 0.354 e. The quantitative estimate of drug-likeness (QED) is 0.536. The molecule has 17 heavy (non-hydrogen) atoms. The van der Waals surface area contributed by atoms with Crippen LogP contribution < -0.4 is 21.7 Å². The predicted molar refractivity (Wildman–Crippen MR) is 65.1 cm³/mol. The molecule has 1 aromatic rings. The molecule has 0 saturated carbocycles. The van der Waals surface area contributed by atoms with E-state index < -0.39 is 6.03 Å². The molecule has 1 aromatic heterocycles. The van der Waals surface area contributed by atoms with Gasteiger partial charge < -0.3 is 21.7 Å². The Morgan fingerprint density at radius 3 is 2.47 bits per heavy atom. The maximum absolute atomic E-state index is 10.4. The second-order valence-corrected chi connectivity index (χ2v) is 3.34. The number of rotatable bonds is 6. The van der Waals surface area contributed by atoms with Gasteiger partial charge in [0.05, 0.1) is 0 Å². The van der Waals surface area contributed by atoms with Gasteiger partial charge in [-0.25, -0.2) is 4.79 Å². The molecule has 0 unspecified atom stereocenters. The topological polar surface area (TPSA) is 118 Å². The second-order valence-electron chi connectivity index (χ2n) is 3.00. The molecule has 0 aliphatic rings. The maximum Gasteiger partial charge on any atom is 0.312 e. The summed E-state index contributed by atoms with van der Waals surface area (Å²) in [6.45, 7) is 3.41. The summed E-state index contributed by atoms with van der Waals surface area (Å²) in [5, 5.41) is 8.33. The standard InChI is InChI=1S/C8H14ClN7O/c1-2-11-7-14-5(9)15-8(16-7)13-4-3-12-6(10)17/h2-4H2,1H3,(H3,10,12,17)(H2,11,13,14,15,16). The number of carbonyl (C=O) groups is 1. The van der Waals surface area contributed by atoms with Gasteiger partial charge in [-0.3, -0.25) is 0 Å². The molecule has 0 atom stereocenters. The molecule has 9 heteroatoms.